The molecule has 2 N–H and O–H groups in total. The maximum Gasteiger partial charge on any atom is 0.230 e. The normalized spacial score (nSPS) is 10.7. The van der Waals surface area contributed by atoms with E-state index in [1.165, 1.54) is 0 Å². The number of benzene rings is 1. The Morgan fingerprint density at radius 1 is 1.05 bits per heavy atom. The quantitative estimate of drug-likeness (QED) is 0.767. The molecule has 0 saturated heterocycles. The molecule has 0 bridgehead atoms. The number of anilines is 1. The van der Waals surface area contributed by atoms with Crippen LogP contribution in [0.5, 0.6) is 0 Å². The molecular weight excluding hydrogens is 297 g/mol. The Balaban J connectivity index is 2.22. The van der Waals surface area contributed by atoms with Gasteiger partial charge in [-0.3, -0.25) is 4.98 Å². The Morgan fingerprint density at radius 2 is 1.80 bits per heavy atom. The van der Waals surface area contributed by atoms with E-state index >= 15 is 0 Å². The average Bonchev–Trinajstić information content (AvgIpc) is 2.82. The Morgan fingerprint density at radius 3 is 2.50 bits per heavy atom. The molecule has 0 atom stereocenters. The molecule has 0 aliphatic carbocycles. The lowest BCUT2D eigenvalue weighted by molar-refractivity contribution is 0.439. The number of nitrogens with two attached hydrogens (primary N) is 1. The average molecular weight is 306 g/mol. The second-order valence-electron chi connectivity index (χ2n) is 4.13. The summed E-state index contributed by atoms with van der Waals surface area (Å²) in [5.41, 5.74) is 8.72. The summed E-state index contributed by atoms with van der Waals surface area (Å²) < 4.78 is 5.11. The van der Waals surface area contributed by atoms with Crippen LogP contribution in [0, 0.1) is 0 Å². The van der Waals surface area contributed by atoms with Crippen LogP contribution in [0.4, 0.5) is 5.88 Å². The molecule has 100 valence electrons. The molecule has 3 aromatic rings. The largest absolute Gasteiger partial charge is 0.367 e. The smallest absolute Gasteiger partial charge is 0.230 e. The highest BCUT2D eigenvalue weighted by Gasteiger charge is 2.19. The standard InChI is InChI=1S/C14H9Cl2N3O/c15-9-1-2-10(11(16)7-9)12-13(19-20-14(12)17)8-3-5-18-6-4-8/h1-7H,17H2. The molecule has 6 heteroatoms. The Bertz CT molecular complexity index is 756. The van der Waals surface area contributed by atoms with Gasteiger partial charge in [0.1, 0.15) is 5.69 Å². The highest BCUT2D eigenvalue weighted by Crippen LogP contribution is 2.40. The van der Waals surface area contributed by atoms with Gasteiger partial charge in [0, 0.05) is 28.5 Å². The van der Waals surface area contributed by atoms with E-state index in [-0.39, 0.29) is 5.88 Å². The van der Waals surface area contributed by atoms with Crippen LogP contribution in [0.1, 0.15) is 0 Å². The van der Waals surface area contributed by atoms with Crippen LogP contribution in [0.3, 0.4) is 0 Å². The fourth-order valence-corrected chi connectivity index (χ4v) is 2.47. The molecule has 1 aromatic carbocycles. The number of rotatable bonds is 2. The van der Waals surface area contributed by atoms with Crippen molar-refractivity contribution in [1.82, 2.24) is 10.1 Å². The number of hydrogen-bond donors (Lipinski definition) is 1. The van der Waals surface area contributed by atoms with Crippen molar-refractivity contribution in [2.45, 2.75) is 0 Å². The van der Waals surface area contributed by atoms with Crippen LogP contribution < -0.4 is 5.73 Å². The number of aromatic nitrogens is 2. The van der Waals surface area contributed by atoms with Gasteiger partial charge in [-0.05, 0) is 24.3 Å². The maximum atomic E-state index is 6.23. The predicted octanol–water partition coefficient (Wildman–Crippen LogP) is 4.29. The van der Waals surface area contributed by atoms with Gasteiger partial charge < -0.3 is 10.3 Å². The van der Waals surface area contributed by atoms with Gasteiger partial charge in [-0.2, -0.15) is 0 Å². The van der Waals surface area contributed by atoms with E-state index in [0.29, 0.717) is 21.3 Å². The summed E-state index contributed by atoms with van der Waals surface area (Å²) in [4.78, 5) is 3.98. The Kier molecular flexibility index (Phi) is 3.34. The lowest BCUT2D eigenvalue weighted by Gasteiger charge is -2.05. The Labute approximate surface area is 125 Å². The molecule has 0 radical (unpaired) electrons. The van der Waals surface area contributed by atoms with Crippen LogP contribution in [-0.4, -0.2) is 10.1 Å². The zero-order valence-corrected chi connectivity index (χ0v) is 11.7. The van der Waals surface area contributed by atoms with Gasteiger partial charge in [-0.15, -0.1) is 0 Å². The van der Waals surface area contributed by atoms with Gasteiger partial charge in [0.15, 0.2) is 0 Å². The van der Waals surface area contributed by atoms with Gasteiger partial charge in [-0.1, -0.05) is 34.4 Å². The number of pyridine rings is 1. The van der Waals surface area contributed by atoms with E-state index in [9.17, 15) is 0 Å². The predicted molar refractivity (Wildman–Crippen MR) is 79.6 cm³/mol. The molecule has 0 spiro atoms. The second kappa shape index (κ2) is 5.15. The molecule has 0 aliphatic rings. The third-order valence-corrected chi connectivity index (χ3v) is 3.42. The number of halogens is 2. The van der Waals surface area contributed by atoms with Gasteiger partial charge >= 0.3 is 0 Å². The minimum atomic E-state index is 0.209. The molecule has 20 heavy (non-hydrogen) atoms. The summed E-state index contributed by atoms with van der Waals surface area (Å²) >= 11 is 12.1. The topological polar surface area (TPSA) is 64.9 Å². The molecule has 2 aromatic heterocycles. The van der Waals surface area contributed by atoms with E-state index < -0.39 is 0 Å². The minimum absolute atomic E-state index is 0.209. The van der Waals surface area contributed by atoms with E-state index in [0.717, 1.165) is 11.1 Å². The first-order valence-electron chi connectivity index (χ1n) is 5.78. The molecule has 0 unspecified atom stereocenters. The van der Waals surface area contributed by atoms with Crippen molar-refractivity contribution in [2.24, 2.45) is 0 Å². The van der Waals surface area contributed by atoms with Gasteiger partial charge in [0.05, 0.1) is 10.6 Å². The van der Waals surface area contributed by atoms with Gasteiger partial charge in [0.2, 0.25) is 5.88 Å². The zero-order chi connectivity index (χ0) is 14.1. The highest BCUT2D eigenvalue weighted by atomic mass is 35.5. The fraction of sp³-hybridized carbons (Fsp3) is 0. The van der Waals surface area contributed by atoms with Crippen molar-refractivity contribution in [3.63, 3.8) is 0 Å². The molecular formula is C14H9Cl2N3O. The van der Waals surface area contributed by atoms with Crippen LogP contribution >= 0.6 is 23.2 Å². The SMILES string of the molecule is Nc1onc(-c2ccncc2)c1-c1ccc(Cl)cc1Cl. The van der Waals surface area contributed by atoms with Crippen LogP contribution in [0.25, 0.3) is 22.4 Å². The first kappa shape index (κ1) is 13.0. The molecule has 0 amide bonds. The highest BCUT2D eigenvalue weighted by molar-refractivity contribution is 6.36. The molecule has 0 aliphatic heterocycles. The van der Waals surface area contributed by atoms with Gasteiger partial charge in [0.25, 0.3) is 0 Å². The van der Waals surface area contributed by atoms with E-state index in [1.807, 2.05) is 12.1 Å². The number of nitrogen functional groups attached to an aromatic ring is 1. The lowest BCUT2D eigenvalue weighted by atomic mass is 10.0. The molecule has 0 saturated carbocycles. The Hall–Kier alpha value is -2.04. The van der Waals surface area contributed by atoms with E-state index in [1.54, 1.807) is 30.6 Å². The second-order valence-corrected chi connectivity index (χ2v) is 4.97. The summed E-state index contributed by atoms with van der Waals surface area (Å²) in [7, 11) is 0. The maximum absolute atomic E-state index is 6.23. The third kappa shape index (κ3) is 2.24. The number of hydrogen-bond acceptors (Lipinski definition) is 4. The van der Waals surface area contributed by atoms with Crippen molar-refractivity contribution in [2.75, 3.05) is 5.73 Å². The molecule has 0 fully saturated rings. The lowest BCUT2D eigenvalue weighted by Crippen LogP contribution is -1.89. The molecule has 4 nitrogen and oxygen atoms in total. The molecule has 2 heterocycles. The van der Waals surface area contributed by atoms with Crippen molar-refractivity contribution in [3.8, 4) is 22.4 Å². The van der Waals surface area contributed by atoms with Gasteiger partial charge in [-0.25, -0.2) is 0 Å². The minimum Gasteiger partial charge on any atom is -0.367 e. The summed E-state index contributed by atoms with van der Waals surface area (Å²) in [6.07, 6.45) is 3.35. The van der Waals surface area contributed by atoms with Crippen molar-refractivity contribution in [3.05, 3.63) is 52.8 Å². The summed E-state index contributed by atoms with van der Waals surface area (Å²) in [6.45, 7) is 0. The van der Waals surface area contributed by atoms with Crippen LogP contribution in [0.2, 0.25) is 10.0 Å². The van der Waals surface area contributed by atoms with Crippen molar-refractivity contribution >= 4 is 29.1 Å². The van der Waals surface area contributed by atoms with E-state index in [2.05, 4.69) is 10.1 Å². The van der Waals surface area contributed by atoms with Crippen LogP contribution in [-0.2, 0) is 0 Å². The number of nitrogens with zero attached hydrogens (tertiary/aromatic N) is 2. The summed E-state index contributed by atoms with van der Waals surface area (Å²) in [5, 5.41) is 5.05. The third-order valence-electron chi connectivity index (χ3n) is 2.87. The molecule has 3 rings (SSSR count). The summed E-state index contributed by atoms with van der Waals surface area (Å²) in [6, 6.07) is 8.83. The first-order chi connectivity index (χ1) is 9.66. The van der Waals surface area contributed by atoms with Crippen LogP contribution in [0.15, 0.2) is 47.2 Å². The first-order valence-corrected chi connectivity index (χ1v) is 6.53. The summed E-state index contributed by atoms with van der Waals surface area (Å²) in [5.74, 6) is 0.209. The van der Waals surface area contributed by atoms with E-state index in [4.69, 9.17) is 33.5 Å². The monoisotopic (exact) mass is 305 g/mol. The van der Waals surface area contributed by atoms with Crippen molar-refractivity contribution < 1.29 is 4.52 Å². The zero-order valence-electron chi connectivity index (χ0n) is 10.2. The van der Waals surface area contributed by atoms with Crippen molar-refractivity contribution in [1.29, 1.82) is 0 Å². The fourth-order valence-electron chi connectivity index (χ4n) is 1.96.